The fourth-order valence-corrected chi connectivity index (χ4v) is 3.30. The second kappa shape index (κ2) is 10.4. The van der Waals surface area contributed by atoms with E-state index in [-0.39, 0.29) is 16.7 Å². The minimum Gasteiger partial charge on any atom is -0.350 e. The van der Waals surface area contributed by atoms with Gasteiger partial charge in [-0.1, -0.05) is 0 Å². The maximum atomic E-state index is 12.2. The van der Waals surface area contributed by atoms with Crippen LogP contribution in [0.4, 0.5) is 0 Å². The lowest BCUT2D eigenvalue weighted by atomic mass is 10.2. The Morgan fingerprint density at radius 2 is 1.56 bits per heavy atom. The molecule has 27 heavy (non-hydrogen) atoms. The first kappa shape index (κ1) is 23.1. The lowest BCUT2D eigenvalue weighted by Gasteiger charge is -2.22. The highest BCUT2D eigenvalue weighted by Crippen LogP contribution is 2.13. The molecule has 2 amide bonds. The molecule has 0 aliphatic carbocycles. The van der Waals surface area contributed by atoms with Gasteiger partial charge in [0.05, 0.1) is 4.90 Å². The van der Waals surface area contributed by atoms with Gasteiger partial charge in [0.15, 0.2) is 0 Å². The zero-order valence-electron chi connectivity index (χ0n) is 16.7. The van der Waals surface area contributed by atoms with Gasteiger partial charge in [0, 0.05) is 46.2 Å². The predicted octanol–water partition coefficient (Wildman–Crippen LogP) is 0.467. The van der Waals surface area contributed by atoms with Crippen LogP contribution in [0.15, 0.2) is 29.2 Å². The number of rotatable bonds is 10. The van der Waals surface area contributed by atoms with E-state index in [1.54, 1.807) is 4.90 Å². The second-order valence-electron chi connectivity index (χ2n) is 6.73. The lowest BCUT2D eigenvalue weighted by molar-refractivity contribution is -0.128. The first-order chi connectivity index (χ1) is 12.6. The third kappa shape index (κ3) is 7.28. The van der Waals surface area contributed by atoms with E-state index in [2.05, 4.69) is 10.2 Å². The van der Waals surface area contributed by atoms with Crippen LogP contribution in [0.5, 0.6) is 0 Å². The number of nitrogens with zero attached hydrogens (tertiary/aromatic N) is 3. The minimum atomic E-state index is -3.52. The number of carbonyl (C=O) groups excluding carboxylic acids is 2. The molecule has 0 fully saturated rings. The number of hydrogen-bond acceptors (Lipinski definition) is 5. The molecule has 152 valence electrons. The Morgan fingerprint density at radius 3 is 2.04 bits per heavy atom. The third-order valence-corrected chi connectivity index (χ3v) is 5.87. The molecule has 0 unspecified atom stereocenters. The Labute approximate surface area is 162 Å². The average Bonchev–Trinajstić information content (AvgIpc) is 2.59. The molecule has 1 aromatic carbocycles. The fraction of sp³-hybridized carbons (Fsp3) is 0.556. The van der Waals surface area contributed by atoms with Crippen molar-refractivity contribution in [1.82, 2.24) is 19.4 Å². The molecule has 0 radical (unpaired) electrons. The molecule has 1 rings (SSSR count). The average molecular weight is 399 g/mol. The van der Waals surface area contributed by atoms with E-state index in [9.17, 15) is 18.0 Å². The van der Waals surface area contributed by atoms with Crippen LogP contribution in [-0.4, -0.2) is 88.7 Å². The van der Waals surface area contributed by atoms with E-state index in [1.165, 1.54) is 45.3 Å². The number of amides is 2. The molecule has 0 atom stereocenters. The zero-order chi connectivity index (χ0) is 20.6. The van der Waals surface area contributed by atoms with Gasteiger partial charge in [-0.25, -0.2) is 12.7 Å². The molecule has 0 heterocycles. The van der Waals surface area contributed by atoms with Crippen LogP contribution in [-0.2, 0) is 14.8 Å². The normalized spacial score (nSPS) is 11.7. The van der Waals surface area contributed by atoms with Gasteiger partial charge in [0.25, 0.3) is 5.91 Å². The van der Waals surface area contributed by atoms with Gasteiger partial charge in [-0.3, -0.25) is 9.59 Å². The van der Waals surface area contributed by atoms with Crippen molar-refractivity contribution in [2.75, 3.05) is 54.4 Å². The van der Waals surface area contributed by atoms with Crippen LogP contribution in [0.2, 0.25) is 0 Å². The highest BCUT2D eigenvalue weighted by molar-refractivity contribution is 7.89. The van der Waals surface area contributed by atoms with E-state index in [0.717, 1.165) is 17.3 Å². The summed E-state index contributed by atoms with van der Waals surface area (Å²) in [6.45, 7) is 3.81. The van der Waals surface area contributed by atoms with E-state index in [4.69, 9.17) is 0 Å². The van der Waals surface area contributed by atoms with Crippen molar-refractivity contribution in [2.24, 2.45) is 0 Å². The summed E-state index contributed by atoms with van der Waals surface area (Å²) >= 11 is 0. The lowest BCUT2D eigenvalue weighted by Crippen LogP contribution is -2.38. The van der Waals surface area contributed by atoms with Gasteiger partial charge in [-0.05, 0) is 51.3 Å². The van der Waals surface area contributed by atoms with Gasteiger partial charge < -0.3 is 15.1 Å². The maximum absolute atomic E-state index is 12.2. The number of hydrogen-bond donors (Lipinski definition) is 1. The van der Waals surface area contributed by atoms with Crippen molar-refractivity contribution < 1.29 is 18.0 Å². The first-order valence-electron chi connectivity index (χ1n) is 8.76. The molecule has 0 bridgehead atoms. The standard InChI is InChI=1S/C18H30N4O4S/c1-15(23)22(13-6-12-20(2)3)14-11-19-18(24)16-7-9-17(10-8-16)27(25,26)21(4)5/h7-10H,6,11-14H2,1-5H3,(H,19,24). The molecule has 0 aliphatic rings. The van der Waals surface area contributed by atoms with Crippen molar-refractivity contribution in [2.45, 2.75) is 18.2 Å². The highest BCUT2D eigenvalue weighted by Gasteiger charge is 2.17. The smallest absolute Gasteiger partial charge is 0.251 e. The summed E-state index contributed by atoms with van der Waals surface area (Å²) in [7, 11) is 3.35. The number of sulfonamides is 1. The summed E-state index contributed by atoms with van der Waals surface area (Å²) in [6, 6.07) is 5.78. The minimum absolute atomic E-state index is 0.0266. The Kier molecular flexibility index (Phi) is 8.87. The Hall–Kier alpha value is -1.97. The second-order valence-corrected chi connectivity index (χ2v) is 8.88. The van der Waals surface area contributed by atoms with Crippen LogP contribution in [0.25, 0.3) is 0 Å². The summed E-state index contributed by atoms with van der Waals surface area (Å²) in [5.41, 5.74) is 0.370. The SMILES string of the molecule is CC(=O)N(CCCN(C)C)CCNC(=O)c1ccc(S(=O)(=O)N(C)C)cc1. The maximum Gasteiger partial charge on any atom is 0.251 e. The summed E-state index contributed by atoms with van der Waals surface area (Å²) < 4.78 is 25.2. The quantitative estimate of drug-likeness (QED) is 0.619. The number of benzene rings is 1. The van der Waals surface area contributed by atoms with E-state index in [0.29, 0.717) is 25.2 Å². The van der Waals surface area contributed by atoms with E-state index < -0.39 is 10.0 Å². The van der Waals surface area contributed by atoms with Crippen LogP contribution in [0, 0.1) is 0 Å². The van der Waals surface area contributed by atoms with Gasteiger partial charge >= 0.3 is 0 Å². The molecule has 0 saturated carbocycles. The van der Waals surface area contributed by atoms with Crippen LogP contribution in [0.1, 0.15) is 23.7 Å². The van der Waals surface area contributed by atoms with Crippen molar-refractivity contribution in [1.29, 1.82) is 0 Å². The van der Waals surface area contributed by atoms with Crippen LogP contribution in [0.3, 0.4) is 0 Å². The fourth-order valence-electron chi connectivity index (χ4n) is 2.40. The number of carbonyl (C=O) groups is 2. The molecule has 0 spiro atoms. The largest absolute Gasteiger partial charge is 0.350 e. The van der Waals surface area contributed by atoms with Gasteiger partial charge in [-0.15, -0.1) is 0 Å². The first-order valence-corrected chi connectivity index (χ1v) is 10.2. The third-order valence-electron chi connectivity index (χ3n) is 4.04. The molecular formula is C18H30N4O4S. The molecule has 8 nitrogen and oxygen atoms in total. The number of nitrogens with one attached hydrogen (secondary N) is 1. The van der Waals surface area contributed by atoms with Crippen molar-refractivity contribution >= 4 is 21.8 Å². The monoisotopic (exact) mass is 398 g/mol. The topological polar surface area (TPSA) is 90.0 Å². The molecule has 0 aliphatic heterocycles. The van der Waals surface area contributed by atoms with Crippen molar-refractivity contribution in [3.63, 3.8) is 0 Å². The zero-order valence-corrected chi connectivity index (χ0v) is 17.5. The van der Waals surface area contributed by atoms with Gasteiger partial charge in [0.1, 0.15) is 0 Å². The van der Waals surface area contributed by atoms with Crippen LogP contribution < -0.4 is 5.32 Å². The Bertz CT molecular complexity index is 730. The molecule has 1 N–H and O–H groups in total. The summed E-state index contributed by atoms with van der Waals surface area (Å²) in [5.74, 6) is -0.332. The van der Waals surface area contributed by atoms with E-state index >= 15 is 0 Å². The van der Waals surface area contributed by atoms with E-state index in [1.807, 2.05) is 14.1 Å². The van der Waals surface area contributed by atoms with Crippen LogP contribution >= 0.6 is 0 Å². The van der Waals surface area contributed by atoms with Crippen molar-refractivity contribution in [3.8, 4) is 0 Å². The molecule has 0 aromatic heterocycles. The Balaban J connectivity index is 2.57. The predicted molar refractivity (Wildman–Crippen MR) is 105 cm³/mol. The van der Waals surface area contributed by atoms with Crippen molar-refractivity contribution in [3.05, 3.63) is 29.8 Å². The van der Waals surface area contributed by atoms with Gasteiger partial charge in [0.2, 0.25) is 15.9 Å². The molecule has 1 aromatic rings. The highest BCUT2D eigenvalue weighted by atomic mass is 32.2. The summed E-state index contributed by atoms with van der Waals surface area (Å²) in [4.78, 5) is 27.8. The summed E-state index contributed by atoms with van der Waals surface area (Å²) in [5, 5.41) is 2.76. The molecule has 9 heteroatoms. The molecular weight excluding hydrogens is 368 g/mol. The Morgan fingerprint density at radius 1 is 0.963 bits per heavy atom. The molecule has 0 saturated heterocycles. The van der Waals surface area contributed by atoms with Gasteiger partial charge in [-0.2, -0.15) is 0 Å². The summed E-state index contributed by atoms with van der Waals surface area (Å²) in [6.07, 6.45) is 0.863.